The Bertz CT molecular complexity index is 609. The molecular formula is C13H15N3O3. The zero-order valence-corrected chi connectivity index (χ0v) is 10.5. The van der Waals surface area contributed by atoms with E-state index in [0.717, 1.165) is 22.7 Å². The van der Waals surface area contributed by atoms with E-state index >= 15 is 0 Å². The molecule has 0 saturated carbocycles. The molecule has 6 nitrogen and oxygen atoms in total. The highest BCUT2D eigenvalue weighted by molar-refractivity contribution is 5.66. The second-order valence-electron chi connectivity index (χ2n) is 4.45. The van der Waals surface area contributed by atoms with E-state index in [0.29, 0.717) is 11.6 Å². The van der Waals surface area contributed by atoms with Crippen LogP contribution >= 0.6 is 0 Å². The van der Waals surface area contributed by atoms with Gasteiger partial charge in [0, 0.05) is 11.3 Å². The maximum atomic E-state index is 9.06. The number of hydrogen-bond donors (Lipinski definition) is 3. The lowest BCUT2D eigenvalue weighted by molar-refractivity contribution is 0.174. The predicted octanol–water partition coefficient (Wildman–Crippen LogP) is 1.11. The van der Waals surface area contributed by atoms with Crippen LogP contribution in [-0.4, -0.2) is 28.5 Å². The number of aliphatic hydroxyl groups is 1. The van der Waals surface area contributed by atoms with Crippen molar-refractivity contribution >= 4 is 0 Å². The Morgan fingerprint density at radius 3 is 3.00 bits per heavy atom. The summed E-state index contributed by atoms with van der Waals surface area (Å²) in [4.78, 5) is 7.53. The maximum absolute atomic E-state index is 9.06. The van der Waals surface area contributed by atoms with Gasteiger partial charge in [-0.3, -0.25) is 0 Å². The number of fused-ring (bicyclic) bond motifs is 1. The molecule has 0 spiro atoms. The topological polar surface area (TPSA) is 93.4 Å². The van der Waals surface area contributed by atoms with Gasteiger partial charge in [0.1, 0.15) is 5.82 Å². The number of nitrogens with one attached hydrogen (secondary N) is 1. The van der Waals surface area contributed by atoms with E-state index in [2.05, 4.69) is 9.97 Å². The molecular weight excluding hydrogens is 246 g/mol. The van der Waals surface area contributed by atoms with Gasteiger partial charge in [0.05, 0.1) is 18.3 Å². The smallest absolute Gasteiger partial charge is 0.231 e. The highest BCUT2D eigenvalue weighted by atomic mass is 16.7. The molecule has 0 radical (unpaired) electrons. The fourth-order valence-corrected chi connectivity index (χ4v) is 2.07. The number of imidazole rings is 1. The minimum absolute atomic E-state index is 0.145. The summed E-state index contributed by atoms with van der Waals surface area (Å²) < 4.78 is 10.6. The first-order chi connectivity index (χ1) is 9.19. The molecule has 1 unspecified atom stereocenters. The second kappa shape index (κ2) is 4.56. The normalized spacial score (nSPS) is 14.7. The summed E-state index contributed by atoms with van der Waals surface area (Å²) in [5, 5.41) is 9.06. The van der Waals surface area contributed by atoms with Gasteiger partial charge in [-0.25, -0.2) is 4.98 Å². The predicted molar refractivity (Wildman–Crippen MR) is 68.9 cm³/mol. The van der Waals surface area contributed by atoms with Crippen molar-refractivity contribution in [2.24, 2.45) is 5.73 Å². The van der Waals surface area contributed by atoms with Crippen LogP contribution in [0.2, 0.25) is 0 Å². The largest absolute Gasteiger partial charge is 0.454 e. The van der Waals surface area contributed by atoms with Gasteiger partial charge in [0.2, 0.25) is 6.79 Å². The lowest BCUT2D eigenvalue weighted by atomic mass is 10.1. The van der Waals surface area contributed by atoms with Crippen molar-refractivity contribution in [2.45, 2.75) is 13.0 Å². The lowest BCUT2D eigenvalue weighted by Crippen LogP contribution is -2.16. The van der Waals surface area contributed by atoms with Crippen LogP contribution in [0.25, 0.3) is 11.3 Å². The van der Waals surface area contributed by atoms with Crippen LogP contribution in [0.1, 0.15) is 17.6 Å². The van der Waals surface area contributed by atoms with E-state index in [-0.39, 0.29) is 13.4 Å². The van der Waals surface area contributed by atoms with Gasteiger partial charge in [0.15, 0.2) is 11.5 Å². The standard InChI is InChI=1S/C13H15N3O3/c1-7-12(16-13(15-7)9(14)5-17)8-2-3-10-11(4-8)19-6-18-10/h2-4,9,17H,5-6,14H2,1H3,(H,15,16). The zero-order valence-electron chi connectivity index (χ0n) is 10.5. The van der Waals surface area contributed by atoms with Gasteiger partial charge >= 0.3 is 0 Å². The fourth-order valence-electron chi connectivity index (χ4n) is 2.07. The van der Waals surface area contributed by atoms with Crippen molar-refractivity contribution < 1.29 is 14.6 Å². The van der Waals surface area contributed by atoms with E-state index in [9.17, 15) is 0 Å². The summed E-state index contributed by atoms with van der Waals surface area (Å²) in [5.74, 6) is 2.03. The summed E-state index contributed by atoms with van der Waals surface area (Å²) in [6.07, 6.45) is 0. The van der Waals surface area contributed by atoms with Gasteiger partial charge in [-0.05, 0) is 25.1 Å². The van der Waals surface area contributed by atoms with Crippen molar-refractivity contribution in [1.82, 2.24) is 9.97 Å². The second-order valence-corrected chi connectivity index (χ2v) is 4.45. The van der Waals surface area contributed by atoms with Crippen LogP contribution in [0.5, 0.6) is 11.5 Å². The number of ether oxygens (including phenoxy) is 2. The van der Waals surface area contributed by atoms with Crippen molar-refractivity contribution in [3.8, 4) is 22.8 Å². The Morgan fingerprint density at radius 2 is 2.21 bits per heavy atom. The summed E-state index contributed by atoms with van der Waals surface area (Å²) >= 11 is 0. The molecule has 1 aromatic heterocycles. The summed E-state index contributed by atoms with van der Waals surface area (Å²) in [5.41, 5.74) is 8.39. The van der Waals surface area contributed by atoms with Crippen LogP contribution < -0.4 is 15.2 Å². The Morgan fingerprint density at radius 1 is 1.42 bits per heavy atom. The van der Waals surface area contributed by atoms with E-state index in [1.54, 1.807) is 0 Å². The molecule has 0 aliphatic carbocycles. The number of benzene rings is 1. The van der Waals surface area contributed by atoms with Gasteiger partial charge in [-0.1, -0.05) is 0 Å². The minimum atomic E-state index is -0.499. The number of rotatable bonds is 3. The number of aliphatic hydroxyl groups excluding tert-OH is 1. The van der Waals surface area contributed by atoms with E-state index in [1.165, 1.54) is 0 Å². The van der Waals surface area contributed by atoms with Crippen molar-refractivity contribution in [3.63, 3.8) is 0 Å². The Hall–Kier alpha value is -2.05. The first-order valence-corrected chi connectivity index (χ1v) is 6.02. The van der Waals surface area contributed by atoms with Gasteiger partial charge in [0.25, 0.3) is 0 Å². The van der Waals surface area contributed by atoms with Crippen LogP contribution in [0, 0.1) is 6.92 Å². The monoisotopic (exact) mass is 261 g/mol. The maximum Gasteiger partial charge on any atom is 0.231 e. The molecule has 4 N–H and O–H groups in total. The third-order valence-corrected chi connectivity index (χ3v) is 3.10. The third kappa shape index (κ3) is 2.05. The SMILES string of the molecule is Cc1[nH]c(C(N)CO)nc1-c1ccc2c(c1)OCO2. The molecule has 0 saturated heterocycles. The number of aromatic amines is 1. The van der Waals surface area contributed by atoms with Crippen molar-refractivity contribution in [3.05, 3.63) is 29.7 Å². The van der Waals surface area contributed by atoms with Gasteiger partial charge in [-0.2, -0.15) is 0 Å². The van der Waals surface area contributed by atoms with Crippen LogP contribution in [0.4, 0.5) is 0 Å². The number of nitrogens with two attached hydrogens (primary N) is 1. The molecule has 0 fully saturated rings. The molecule has 6 heteroatoms. The molecule has 3 rings (SSSR count). The van der Waals surface area contributed by atoms with Crippen molar-refractivity contribution in [1.29, 1.82) is 0 Å². The first kappa shape index (κ1) is 12.0. The molecule has 0 bridgehead atoms. The summed E-state index contributed by atoms with van der Waals surface area (Å²) in [7, 11) is 0. The lowest BCUT2D eigenvalue weighted by Gasteiger charge is -2.02. The Labute approximate surface area is 110 Å². The van der Waals surface area contributed by atoms with Crippen molar-refractivity contribution in [2.75, 3.05) is 13.4 Å². The summed E-state index contributed by atoms with van der Waals surface area (Å²) in [6, 6.07) is 5.17. The van der Waals surface area contributed by atoms with Crippen LogP contribution in [0.3, 0.4) is 0 Å². The summed E-state index contributed by atoms with van der Waals surface area (Å²) in [6.45, 7) is 2.02. The van der Waals surface area contributed by atoms with Gasteiger partial charge < -0.3 is 25.3 Å². The number of H-pyrrole nitrogens is 1. The number of aryl methyl sites for hydroxylation is 1. The molecule has 1 atom stereocenters. The quantitative estimate of drug-likeness (QED) is 0.769. The first-order valence-electron chi connectivity index (χ1n) is 6.02. The Kier molecular flexibility index (Phi) is 2.88. The number of hydrogen-bond acceptors (Lipinski definition) is 5. The average molecular weight is 261 g/mol. The molecule has 100 valence electrons. The minimum Gasteiger partial charge on any atom is -0.454 e. The highest BCUT2D eigenvalue weighted by Gasteiger charge is 2.18. The molecule has 2 heterocycles. The molecule has 19 heavy (non-hydrogen) atoms. The number of aromatic nitrogens is 2. The van der Waals surface area contributed by atoms with E-state index in [1.807, 2.05) is 25.1 Å². The van der Waals surface area contributed by atoms with Gasteiger partial charge in [-0.15, -0.1) is 0 Å². The Balaban J connectivity index is 2.00. The highest BCUT2D eigenvalue weighted by Crippen LogP contribution is 2.36. The van der Waals surface area contributed by atoms with Crippen LogP contribution in [0.15, 0.2) is 18.2 Å². The van der Waals surface area contributed by atoms with E-state index < -0.39 is 6.04 Å². The zero-order chi connectivity index (χ0) is 13.4. The number of nitrogens with zero attached hydrogens (tertiary/aromatic N) is 1. The fraction of sp³-hybridized carbons (Fsp3) is 0.308. The van der Waals surface area contributed by atoms with E-state index in [4.69, 9.17) is 20.3 Å². The molecule has 1 aliphatic heterocycles. The molecule has 0 amide bonds. The third-order valence-electron chi connectivity index (χ3n) is 3.10. The molecule has 1 aliphatic rings. The van der Waals surface area contributed by atoms with Crippen LogP contribution in [-0.2, 0) is 0 Å². The molecule has 1 aromatic carbocycles. The average Bonchev–Trinajstić information content (AvgIpc) is 3.03. The molecule has 2 aromatic rings.